The van der Waals surface area contributed by atoms with Gasteiger partial charge >= 0.3 is 0 Å². The zero-order valence-corrected chi connectivity index (χ0v) is 15.4. The van der Waals surface area contributed by atoms with Crippen molar-refractivity contribution in [2.45, 2.75) is 129 Å². The van der Waals surface area contributed by atoms with E-state index in [2.05, 4.69) is 6.92 Å². The summed E-state index contributed by atoms with van der Waals surface area (Å²) in [6, 6.07) is 0. The lowest BCUT2D eigenvalue weighted by Crippen LogP contribution is -1.84. The smallest absolute Gasteiger partial charge is 0.131 e. The predicted molar refractivity (Wildman–Crippen MR) is 98.8 cm³/mol. The Morgan fingerprint density at radius 3 is 1.00 bits per heavy atom. The van der Waals surface area contributed by atoms with Crippen LogP contribution >= 0.6 is 0 Å². The Labute approximate surface area is 140 Å². The van der Waals surface area contributed by atoms with Crippen LogP contribution in [0.1, 0.15) is 129 Å². The lowest BCUT2D eigenvalue weighted by atomic mass is 10.0. The molecule has 0 aromatic rings. The minimum atomic E-state index is 0.652. The summed E-state index contributed by atoms with van der Waals surface area (Å²) < 4.78 is 11.8. The van der Waals surface area contributed by atoms with Crippen LogP contribution in [-0.2, 0) is 0 Å². The third-order valence-corrected chi connectivity index (χ3v) is 4.67. The first-order valence-electron chi connectivity index (χ1n) is 10.3. The Kier molecular flexibility index (Phi) is 20.9. The molecule has 0 rings (SSSR count). The molecule has 0 amide bonds. The first-order valence-corrected chi connectivity index (χ1v) is 10.3. The van der Waals surface area contributed by atoms with Crippen LogP contribution < -0.4 is 0 Å². The maximum Gasteiger partial charge on any atom is 0.131 e. The van der Waals surface area contributed by atoms with Gasteiger partial charge in [-0.15, -0.1) is 0 Å². The van der Waals surface area contributed by atoms with E-state index in [1.807, 2.05) is 0 Å². The summed E-state index contributed by atoms with van der Waals surface area (Å²) in [5, 5.41) is 0. The van der Waals surface area contributed by atoms with Gasteiger partial charge in [0.2, 0.25) is 0 Å². The second kappa shape index (κ2) is 20.9. The van der Waals surface area contributed by atoms with Crippen LogP contribution in [0.15, 0.2) is 0 Å². The molecule has 22 heavy (non-hydrogen) atoms. The van der Waals surface area contributed by atoms with Crippen molar-refractivity contribution in [3.63, 3.8) is 0 Å². The Morgan fingerprint density at radius 1 is 0.455 bits per heavy atom. The van der Waals surface area contributed by atoms with E-state index in [1.165, 1.54) is 109 Å². The number of halogens is 1. The molecule has 1 radical (unpaired) electrons. The summed E-state index contributed by atoms with van der Waals surface area (Å²) in [5.41, 5.74) is 0. The summed E-state index contributed by atoms with van der Waals surface area (Å²) in [6.07, 6.45) is 25.6. The van der Waals surface area contributed by atoms with Gasteiger partial charge in [0.15, 0.2) is 0 Å². The van der Waals surface area contributed by atoms with Gasteiger partial charge in [0.1, 0.15) is 6.67 Å². The van der Waals surface area contributed by atoms with Crippen LogP contribution in [0, 0.1) is 6.67 Å². The summed E-state index contributed by atoms with van der Waals surface area (Å²) in [4.78, 5) is 0. The zero-order valence-electron chi connectivity index (χ0n) is 15.4. The minimum absolute atomic E-state index is 0.652. The molecule has 0 spiro atoms. The molecule has 1 heteroatoms. The molecule has 0 saturated heterocycles. The highest BCUT2D eigenvalue weighted by molar-refractivity contribution is 4.52. The third kappa shape index (κ3) is 19.9. The van der Waals surface area contributed by atoms with Gasteiger partial charge in [-0.3, -0.25) is 0 Å². The number of hydrogen-bond donors (Lipinski definition) is 0. The molecule has 0 unspecified atom stereocenters. The fourth-order valence-electron chi connectivity index (χ4n) is 3.12. The average Bonchev–Trinajstić information content (AvgIpc) is 2.54. The highest BCUT2D eigenvalue weighted by Crippen LogP contribution is 2.14. The average molecular weight is 314 g/mol. The standard InChI is InChI=1S/C21H42F/c1-2-3-4-5-6-7-8-9-10-11-12-13-14-15-16-17-18-19-20-21-22/h21H,2-20H2,1H3. The molecule has 133 valence electrons. The van der Waals surface area contributed by atoms with E-state index in [0.29, 0.717) is 6.42 Å². The maximum atomic E-state index is 11.8. The minimum Gasteiger partial charge on any atom is -0.244 e. The van der Waals surface area contributed by atoms with E-state index in [0.717, 1.165) is 13.1 Å². The molecule has 0 fully saturated rings. The van der Waals surface area contributed by atoms with E-state index in [9.17, 15) is 4.39 Å². The Bertz CT molecular complexity index is 159. The lowest BCUT2D eigenvalue weighted by molar-refractivity contribution is 0.514. The first-order chi connectivity index (χ1) is 10.9. The van der Waals surface area contributed by atoms with Crippen LogP contribution in [0.2, 0.25) is 0 Å². The van der Waals surface area contributed by atoms with Crippen molar-refractivity contribution >= 4 is 0 Å². The maximum absolute atomic E-state index is 11.8. The van der Waals surface area contributed by atoms with Gasteiger partial charge in [0.05, 0.1) is 0 Å². The van der Waals surface area contributed by atoms with E-state index >= 15 is 0 Å². The largest absolute Gasteiger partial charge is 0.244 e. The van der Waals surface area contributed by atoms with E-state index in [-0.39, 0.29) is 0 Å². The monoisotopic (exact) mass is 313 g/mol. The molecule has 0 aliphatic carbocycles. The molecule has 0 aromatic heterocycles. The molecule has 0 aliphatic rings. The molecule has 0 nitrogen and oxygen atoms in total. The van der Waals surface area contributed by atoms with Crippen molar-refractivity contribution in [3.05, 3.63) is 6.67 Å². The normalized spacial score (nSPS) is 11.2. The second-order valence-electron chi connectivity index (χ2n) is 6.95. The van der Waals surface area contributed by atoms with Gasteiger partial charge in [0.25, 0.3) is 0 Å². The van der Waals surface area contributed by atoms with Gasteiger partial charge in [-0.25, -0.2) is 4.39 Å². The lowest BCUT2D eigenvalue weighted by Gasteiger charge is -2.03. The summed E-state index contributed by atoms with van der Waals surface area (Å²) in [7, 11) is 0. The van der Waals surface area contributed by atoms with Crippen molar-refractivity contribution < 1.29 is 4.39 Å². The molecule has 0 aromatic carbocycles. The molecule has 0 bridgehead atoms. The van der Waals surface area contributed by atoms with Crippen LogP contribution in [0.4, 0.5) is 4.39 Å². The van der Waals surface area contributed by atoms with Gasteiger partial charge in [-0.2, -0.15) is 0 Å². The first kappa shape index (κ1) is 21.9. The van der Waals surface area contributed by atoms with Crippen molar-refractivity contribution in [1.29, 1.82) is 0 Å². The zero-order chi connectivity index (χ0) is 16.1. The molecular weight excluding hydrogens is 271 g/mol. The summed E-state index contributed by atoms with van der Waals surface area (Å²) in [5.74, 6) is 0. The van der Waals surface area contributed by atoms with Crippen molar-refractivity contribution in [3.8, 4) is 0 Å². The SMILES string of the molecule is CCCCCCCCCCCCCCCCCCCC[CH]F. The van der Waals surface area contributed by atoms with Crippen molar-refractivity contribution in [2.24, 2.45) is 0 Å². The molecule has 0 aliphatic heterocycles. The molecule has 0 N–H and O–H groups in total. The predicted octanol–water partition coefficient (Wildman–Crippen LogP) is 8.55. The van der Waals surface area contributed by atoms with E-state index < -0.39 is 0 Å². The highest BCUT2D eigenvalue weighted by Gasteiger charge is 1.95. The van der Waals surface area contributed by atoms with Crippen molar-refractivity contribution in [2.75, 3.05) is 0 Å². The molecule has 0 atom stereocenters. The molecule has 0 saturated carbocycles. The van der Waals surface area contributed by atoms with Gasteiger partial charge in [-0.1, -0.05) is 122 Å². The Morgan fingerprint density at radius 2 is 0.727 bits per heavy atom. The van der Waals surface area contributed by atoms with Gasteiger partial charge in [0, 0.05) is 0 Å². The van der Waals surface area contributed by atoms with Crippen LogP contribution in [0.25, 0.3) is 0 Å². The Balaban J connectivity index is 2.91. The van der Waals surface area contributed by atoms with Crippen LogP contribution in [-0.4, -0.2) is 0 Å². The summed E-state index contributed by atoms with van der Waals surface area (Å²) in [6.45, 7) is 3.08. The third-order valence-electron chi connectivity index (χ3n) is 4.67. The molecule has 0 heterocycles. The van der Waals surface area contributed by atoms with Crippen molar-refractivity contribution in [1.82, 2.24) is 0 Å². The van der Waals surface area contributed by atoms with Gasteiger partial charge in [-0.05, 0) is 6.42 Å². The topological polar surface area (TPSA) is 0 Å². The Hall–Kier alpha value is -0.0700. The highest BCUT2D eigenvalue weighted by atomic mass is 19.1. The van der Waals surface area contributed by atoms with Crippen LogP contribution in [0.3, 0.4) is 0 Å². The number of hydrogen-bond acceptors (Lipinski definition) is 0. The summed E-state index contributed by atoms with van der Waals surface area (Å²) >= 11 is 0. The number of rotatable bonds is 19. The molecular formula is C21H42F. The van der Waals surface area contributed by atoms with E-state index in [1.54, 1.807) is 0 Å². The second-order valence-corrected chi connectivity index (χ2v) is 6.95. The fourth-order valence-corrected chi connectivity index (χ4v) is 3.12. The fraction of sp³-hybridized carbons (Fsp3) is 0.952. The quantitative estimate of drug-likeness (QED) is 0.209. The van der Waals surface area contributed by atoms with E-state index in [4.69, 9.17) is 0 Å². The number of unbranched alkanes of at least 4 members (excludes halogenated alkanes) is 18. The van der Waals surface area contributed by atoms with Crippen LogP contribution in [0.5, 0.6) is 0 Å². The van der Waals surface area contributed by atoms with Gasteiger partial charge < -0.3 is 0 Å².